The predicted molar refractivity (Wildman–Crippen MR) is 146 cm³/mol. The summed E-state index contributed by atoms with van der Waals surface area (Å²) in [4.78, 5) is 54.6. The minimum atomic E-state index is -0.757. The van der Waals surface area contributed by atoms with Crippen molar-refractivity contribution in [1.82, 2.24) is 20.9 Å². The normalized spacial score (nSPS) is 25.1. The van der Waals surface area contributed by atoms with Crippen molar-refractivity contribution in [3.8, 4) is 0 Å². The van der Waals surface area contributed by atoms with Gasteiger partial charge in [-0.3, -0.25) is 19.2 Å². The van der Waals surface area contributed by atoms with E-state index in [-0.39, 0.29) is 29.5 Å². The van der Waals surface area contributed by atoms with Crippen molar-refractivity contribution in [3.63, 3.8) is 0 Å². The molecule has 9 heteroatoms. The van der Waals surface area contributed by atoms with Gasteiger partial charge >= 0.3 is 0 Å². The molecule has 2 fully saturated rings. The molecule has 2 aliphatic carbocycles. The lowest BCUT2D eigenvalue weighted by Gasteiger charge is -2.48. The molecule has 5 N–H and O–H groups in total. The monoisotopic (exact) mass is 531 g/mol. The van der Waals surface area contributed by atoms with Crippen molar-refractivity contribution in [2.45, 2.75) is 62.7 Å². The largest absolute Gasteiger partial charge is 0.359 e. The summed E-state index contributed by atoms with van der Waals surface area (Å²) < 4.78 is 0. The number of carbonyl (C=O) groups excluding carboxylic acids is 4. The zero-order chi connectivity index (χ0) is 27.7. The molecule has 4 amide bonds. The van der Waals surface area contributed by atoms with E-state index in [4.69, 9.17) is 5.73 Å². The number of nitrogens with one attached hydrogen (secondary N) is 3. The molecule has 39 heavy (non-hydrogen) atoms. The second-order valence-corrected chi connectivity index (χ2v) is 11.1. The van der Waals surface area contributed by atoms with Gasteiger partial charge in [-0.1, -0.05) is 67.4 Å². The molecule has 0 aromatic heterocycles. The Kier molecular flexibility index (Phi) is 7.70. The van der Waals surface area contributed by atoms with Gasteiger partial charge in [-0.15, -0.1) is 0 Å². The lowest BCUT2D eigenvalue weighted by molar-refractivity contribution is -0.152. The van der Waals surface area contributed by atoms with Crippen molar-refractivity contribution < 1.29 is 19.2 Å². The molecule has 2 aromatic rings. The molecular formula is C30H37N5O4. The SMILES string of the molecule is CNC(=O)[C@@H]1Cc2ccccc2[C@@H]1NC(=O)C1C(c2ccccc2)CN1C(=O)[C@H](CC1CC1)NC(=O)[C@H](C)N. The van der Waals surface area contributed by atoms with Gasteiger partial charge in [0.2, 0.25) is 23.6 Å². The number of hydrogen-bond acceptors (Lipinski definition) is 5. The summed E-state index contributed by atoms with van der Waals surface area (Å²) >= 11 is 0. The Morgan fingerprint density at radius 2 is 1.69 bits per heavy atom. The molecule has 0 spiro atoms. The van der Waals surface area contributed by atoms with E-state index < -0.39 is 30.1 Å². The van der Waals surface area contributed by atoms with Gasteiger partial charge in [-0.05, 0) is 42.4 Å². The first kappa shape index (κ1) is 26.9. The zero-order valence-corrected chi connectivity index (χ0v) is 22.4. The minimum Gasteiger partial charge on any atom is -0.359 e. The smallest absolute Gasteiger partial charge is 0.245 e. The number of fused-ring (bicyclic) bond motifs is 1. The highest BCUT2D eigenvalue weighted by atomic mass is 16.2. The molecule has 0 bridgehead atoms. The first-order chi connectivity index (χ1) is 18.8. The standard InChI is InChI=1S/C30H37N5O4/c1-17(31)27(36)33-24(14-18-12-13-18)30(39)35-16-23(19-8-4-3-5-9-19)26(35)29(38)34-25-21-11-7-6-10-20(21)15-22(25)28(37)32-2/h3-11,17-18,22-26H,12-16,31H2,1-2H3,(H,32,37)(H,33,36)(H,34,38)/t17-,22+,23?,24-,25-,26?/m0/s1. The topological polar surface area (TPSA) is 134 Å². The third kappa shape index (κ3) is 5.54. The molecule has 1 heterocycles. The van der Waals surface area contributed by atoms with Crippen LogP contribution in [-0.4, -0.2) is 60.2 Å². The van der Waals surface area contributed by atoms with Crippen LogP contribution in [0.4, 0.5) is 0 Å². The summed E-state index contributed by atoms with van der Waals surface area (Å²) in [5.74, 6) is -1.35. The van der Waals surface area contributed by atoms with Gasteiger partial charge < -0.3 is 26.6 Å². The van der Waals surface area contributed by atoms with Crippen molar-refractivity contribution in [3.05, 3.63) is 71.3 Å². The van der Waals surface area contributed by atoms with E-state index >= 15 is 0 Å². The van der Waals surface area contributed by atoms with E-state index in [2.05, 4.69) is 16.0 Å². The fraction of sp³-hybridized carbons (Fsp3) is 0.467. The summed E-state index contributed by atoms with van der Waals surface area (Å²) in [5, 5.41) is 8.69. The van der Waals surface area contributed by atoms with Gasteiger partial charge in [-0.25, -0.2) is 0 Å². The van der Waals surface area contributed by atoms with Gasteiger partial charge in [0.15, 0.2) is 0 Å². The number of nitrogens with two attached hydrogens (primary N) is 1. The molecule has 0 radical (unpaired) electrons. The first-order valence-electron chi connectivity index (χ1n) is 13.8. The number of rotatable bonds is 9. The number of amides is 4. The number of carbonyl (C=O) groups is 4. The Bertz CT molecular complexity index is 1240. The maximum atomic E-state index is 14.0. The summed E-state index contributed by atoms with van der Waals surface area (Å²) in [6.45, 7) is 1.96. The van der Waals surface area contributed by atoms with Crippen LogP contribution in [0.25, 0.3) is 0 Å². The molecule has 206 valence electrons. The van der Waals surface area contributed by atoms with Crippen LogP contribution < -0.4 is 21.7 Å². The van der Waals surface area contributed by atoms with Crippen molar-refractivity contribution >= 4 is 23.6 Å². The highest BCUT2D eigenvalue weighted by Gasteiger charge is 2.50. The van der Waals surface area contributed by atoms with Crippen LogP contribution in [0.15, 0.2) is 54.6 Å². The summed E-state index contributed by atoms with van der Waals surface area (Å²) in [6.07, 6.45) is 3.11. The van der Waals surface area contributed by atoms with E-state index in [9.17, 15) is 19.2 Å². The van der Waals surface area contributed by atoms with Crippen LogP contribution in [0, 0.1) is 11.8 Å². The molecule has 1 aliphatic heterocycles. The Labute approximate surface area is 228 Å². The summed E-state index contributed by atoms with van der Waals surface area (Å²) in [6, 6.07) is 14.7. The maximum Gasteiger partial charge on any atom is 0.245 e. The quantitative estimate of drug-likeness (QED) is 0.388. The van der Waals surface area contributed by atoms with E-state index in [1.807, 2.05) is 54.6 Å². The fourth-order valence-corrected chi connectivity index (χ4v) is 5.90. The molecule has 2 aromatic carbocycles. The van der Waals surface area contributed by atoms with Crippen LogP contribution in [0.1, 0.15) is 54.8 Å². The highest BCUT2D eigenvalue weighted by molar-refractivity contribution is 5.95. The lowest BCUT2D eigenvalue weighted by Crippen LogP contribution is -2.67. The molecule has 1 saturated heterocycles. The molecule has 6 atom stereocenters. The molecule has 2 unspecified atom stereocenters. The average Bonchev–Trinajstić information content (AvgIpc) is 3.67. The maximum absolute atomic E-state index is 14.0. The van der Waals surface area contributed by atoms with E-state index in [0.29, 0.717) is 25.3 Å². The number of benzene rings is 2. The van der Waals surface area contributed by atoms with Gasteiger partial charge in [0.25, 0.3) is 0 Å². The third-order valence-corrected chi connectivity index (χ3v) is 8.30. The van der Waals surface area contributed by atoms with E-state index in [1.165, 1.54) is 0 Å². The Morgan fingerprint density at radius 3 is 2.36 bits per heavy atom. The van der Waals surface area contributed by atoms with Crippen LogP contribution >= 0.6 is 0 Å². The first-order valence-corrected chi connectivity index (χ1v) is 13.8. The van der Waals surface area contributed by atoms with Gasteiger partial charge in [0.1, 0.15) is 12.1 Å². The van der Waals surface area contributed by atoms with Crippen LogP contribution in [0.3, 0.4) is 0 Å². The van der Waals surface area contributed by atoms with E-state index in [1.54, 1.807) is 18.9 Å². The molecule has 1 saturated carbocycles. The predicted octanol–water partition coefficient (Wildman–Crippen LogP) is 1.39. The zero-order valence-electron chi connectivity index (χ0n) is 22.4. The Morgan fingerprint density at radius 1 is 1.00 bits per heavy atom. The van der Waals surface area contributed by atoms with Crippen molar-refractivity contribution in [2.75, 3.05) is 13.6 Å². The second-order valence-electron chi connectivity index (χ2n) is 11.1. The molecule has 9 nitrogen and oxygen atoms in total. The average molecular weight is 532 g/mol. The summed E-state index contributed by atoms with van der Waals surface area (Å²) in [7, 11) is 1.60. The fourth-order valence-electron chi connectivity index (χ4n) is 5.90. The number of hydrogen-bond donors (Lipinski definition) is 4. The molecule has 5 rings (SSSR count). The molecular weight excluding hydrogens is 494 g/mol. The summed E-state index contributed by atoms with van der Waals surface area (Å²) in [5.41, 5.74) is 8.69. The van der Waals surface area contributed by atoms with Gasteiger partial charge in [-0.2, -0.15) is 0 Å². The van der Waals surface area contributed by atoms with Gasteiger partial charge in [0, 0.05) is 19.5 Å². The van der Waals surface area contributed by atoms with Crippen molar-refractivity contribution in [2.24, 2.45) is 17.6 Å². The molecule has 3 aliphatic rings. The Balaban J connectivity index is 1.41. The minimum absolute atomic E-state index is 0.138. The highest BCUT2D eigenvalue weighted by Crippen LogP contribution is 2.40. The van der Waals surface area contributed by atoms with Gasteiger partial charge in [0.05, 0.1) is 18.0 Å². The second kappa shape index (κ2) is 11.2. The third-order valence-electron chi connectivity index (χ3n) is 8.30. The van der Waals surface area contributed by atoms with E-state index in [0.717, 1.165) is 29.5 Å². The van der Waals surface area contributed by atoms with Crippen LogP contribution in [0.5, 0.6) is 0 Å². The number of nitrogens with zero attached hydrogens (tertiary/aromatic N) is 1. The van der Waals surface area contributed by atoms with Crippen LogP contribution in [0.2, 0.25) is 0 Å². The Hall–Kier alpha value is -3.72. The van der Waals surface area contributed by atoms with Crippen LogP contribution in [-0.2, 0) is 25.6 Å². The van der Waals surface area contributed by atoms with Crippen molar-refractivity contribution in [1.29, 1.82) is 0 Å². The lowest BCUT2D eigenvalue weighted by atomic mass is 9.80. The number of likely N-dealkylation sites (tertiary alicyclic amines) is 1.